The Bertz CT molecular complexity index is 815. The Hall–Kier alpha value is -2.86. The van der Waals surface area contributed by atoms with Crippen molar-refractivity contribution in [1.82, 2.24) is 10.2 Å². The Morgan fingerprint density at radius 2 is 1.69 bits per heavy atom. The van der Waals surface area contributed by atoms with E-state index >= 15 is 0 Å². The van der Waals surface area contributed by atoms with Gasteiger partial charge in [0.2, 0.25) is 0 Å². The minimum Gasteiger partial charge on any atom is -0.483 e. The number of amides is 2. The molecule has 0 fully saturated rings. The Labute approximate surface area is 173 Å². The number of benzene rings is 2. The van der Waals surface area contributed by atoms with Crippen molar-refractivity contribution >= 4 is 17.5 Å². The molecule has 0 saturated carbocycles. The Morgan fingerprint density at radius 1 is 1.00 bits per heavy atom. The van der Waals surface area contributed by atoms with Gasteiger partial charge in [-0.2, -0.15) is 0 Å². The Balaban J connectivity index is 1.81. The highest BCUT2D eigenvalue weighted by atomic mass is 16.5. The molecule has 0 atom stereocenters. The van der Waals surface area contributed by atoms with Crippen LogP contribution >= 0.6 is 0 Å². The summed E-state index contributed by atoms with van der Waals surface area (Å²) >= 11 is 0. The van der Waals surface area contributed by atoms with E-state index < -0.39 is 0 Å². The van der Waals surface area contributed by atoms with Gasteiger partial charge in [0, 0.05) is 24.3 Å². The fraction of sp³-hybridized carbons (Fsp3) is 0.391. The van der Waals surface area contributed by atoms with E-state index in [2.05, 4.69) is 29.4 Å². The summed E-state index contributed by atoms with van der Waals surface area (Å²) in [6.07, 6.45) is 0. The van der Waals surface area contributed by atoms with Gasteiger partial charge in [0.1, 0.15) is 5.75 Å². The van der Waals surface area contributed by atoms with Gasteiger partial charge >= 0.3 is 0 Å². The normalized spacial score (nSPS) is 10.7. The number of likely N-dealkylation sites (N-methyl/N-ethyl adjacent to an activating group) is 1. The summed E-state index contributed by atoms with van der Waals surface area (Å²) in [7, 11) is 0. The lowest BCUT2D eigenvalue weighted by atomic mass is 10.1. The maximum Gasteiger partial charge on any atom is 0.262 e. The van der Waals surface area contributed by atoms with Crippen molar-refractivity contribution in [2.75, 3.05) is 38.1 Å². The molecule has 0 radical (unpaired) electrons. The molecule has 0 aliphatic heterocycles. The van der Waals surface area contributed by atoms with Gasteiger partial charge in [-0.15, -0.1) is 0 Å². The number of nitrogens with one attached hydrogen (secondary N) is 2. The summed E-state index contributed by atoms with van der Waals surface area (Å²) < 4.78 is 5.62. The first kappa shape index (κ1) is 22.4. The van der Waals surface area contributed by atoms with E-state index in [9.17, 15) is 9.59 Å². The summed E-state index contributed by atoms with van der Waals surface area (Å²) in [4.78, 5) is 26.6. The highest BCUT2D eigenvalue weighted by molar-refractivity contribution is 5.96. The van der Waals surface area contributed by atoms with Gasteiger partial charge in [0.05, 0.1) is 0 Å². The smallest absolute Gasteiger partial charge is 0.262 e. The molecule has 2 amide bonds. The molecule has 156 valence electrons. The lowest BCUT2D eigenvalue weighted by Gasteiger charge is -2.18. The van der Waals surface area contributed by atoms with Gasteiger partial charge < -0.3 is 20.3 Å². The first-order valence-electron chi connectivity index (χ1n) is 10.0. The molecule has 2 aromatic carbocycles. The predicted molar refractivity (Wildman–Crippen MR) is 117 cm³/mol. The van der Waals surface area contributed by atoms with Crippen molar-refractivity contribution in [2.45, 2.75) is 27.7 Å². The molecule has 0 bridgehead atoms. The average molecular weight is 398 g/mol. The van der Waals surface area contributed by atoms with Crippen LogP contribution in [0.5, 0.6) is 5.75 Å². The zero-order chi connectivity index (χ0) is 21.2. The second-order valence-corrected chi connectivity index (χ2v) is 6.90. The van der Waals surface area contributed by atoms with E-state index in [1.165, 1.54) is 0 Å². The fourth-order valence-corrected chi connectivity index (χ4v) is 2.90. The number of rotatable bonds is 10. The van der Waals surface area contributed by atoms with Crippen LogP contribution in [0.15, 0.2) is 42.5 Å². The predicted octanol–water partition coefficient (Wildman–Crippen LogP) is 3.39. The van der Waals surface area contributed by atoms with Crippen LogP contribution in [0.25, 0.3) is 0 Å². The van der Waals surface area contributed by atoms with Crippen molar-refractivity contribution in [1.29, 1.82) is 0 Å². The molecular formula is C23H31N3O3. The monoisotopic (exact) mass is 397 g/mol. The molecular weight excluding hydrogens is 366 g/mol. The zero-order valence-corrected chi connectivity index (χ0v) is 17.7. The molecule has 2 aromatic rings. The Morgan fingerprint density at radius 3 is 2.34 bits per heavy atom. The number of hydrogen-bond donors (Lipinski definition) is 2. The van der Waals surface area contributed by atoms with E-state index in [4.69, 9.17) is 4.74 Å². The van der Waals surface area contributed by atoms with Crippen LogP contribution in [-0.2, 0) is 4.79 Å². The van der Waals surface area contributed by atoms with Crippen LogP contribution in [-0.4, -0.2) is 49.5 Å². The van der Waals surface area contributed by atoms with E-state index in [-0.39, 0.29) is 18.4 Å². The van der Waals surface area contributed by atoms with Gasteiger partial charge in [-0.1, -0.05) is 26.0 Å². The number of anilines is 1. The number of ether oxygens (including phenoxy) is 1. The molecule has 6 nitrogen and oxygen atoms in total. The van der Waals surface area contributed by atoms with E-state index in [0.29, 0.717) is 23.5 Å². The SMILES string of the molecule is CCN(CC)CCNC(=O)c1ccc(NC(=O)COc2cccc(C)c2C)cc1. The van der Waals surface area contributed by atoms with E-state index in [1.54, 1.807) is 24.3 Å². The number of hydrogen-bond acceptors (Lipinski definition) is 4. The first-order valence-corrected chi connectivity index (χ1v) is 10.0. The third kappa shape index (κ3) is 6.91. The van der Waals surface area contributed by atoms with Gasteiger partial charge in [0.15, 0.2) is 6.61 Å². The third-order valence-electron chi connectivity index (χ3n) is 4.95. The lowest BCUT2D eigenvalue weighted by Crippen LogP contribution is -2.34. The van der Waals surface area contributed by atoms with Crippen LogP contribution in [0, 0.1) is 13.8 Å². The quantitative estimate of drug-likeness (QED) is 0.645. The number of carbonyl (C=O) groups is 2. The first-order chi connectivity index (χ1) is 13.9. The molecule has 0 aliphatic carbocycles. The van der Waals surface area contributed by atoms with E-state index in [1.807, 2.05) is 32.0 Å². The van der Waals surface area contributed by atoms with Crippen molar-refractivity contribution in [2.24, 2.45) is 0 Å². The summed E-state index contributed by atoms with van der Waals surface area (Å²) in [5.41, 5.74) is 3.33. The standard InChI is InChI=1S/C23H31N3O3/c1-5-26(6-2)15-14-24-23(28)19-10-12-20(13-11-19)25-22(27)16-29-21-9-7-8-17(3)18(21)4/h7-13H,5-6,14-16H2,1-4H3,(H,24,28)(H,25,27). The van der Waals surface area contributed by atoms with Crippen LogP contribution in [0.3, 0.4) is 0 Å². The number of aryl methyl sites for hydroxylation is 1. The van der Waals surface area contributed by atoms with Crippen molar-refractivity contribution in [3.63, 3.8) is 0 Å². The largest absolute Gasteiger partial charge is 0.483 e. The van der Waals surface area contributed by atoms with Crippen LogP contribution in [0.1, 0.15) is 35.3 Å². The van der Waals surface area contributed by atoms with Crippen molar-refractivity contribution in [3.8, 4) is 5.75 Å². The van der Waals surface area contributed by atoms with Crippen LogP contribution < -0.4 is 15.4 Å². The molecule has 2 rings (SSSR count). The molecule has 0 unspecified atom stereocenters. The fourth-order valence-electron chi connectivity index (χ4n) is 2.90. The number of nitrogens with zero attached hydrogens (tertiary/aromatic N) is 1. The molecule has 29 heavy (non-hydrogen) atoms. The van der Waals surface area contributed by atoms with Crippen molar-refractivity contribution < 1.29 is 14.3 Å². The Kier molecular flexibility index (Phi) is 8.68. The van der Waals surface area contributed by atoms with Crippen LogP contribution in [0.4, 0.5) is 5.69 Å². The van der Waals surface area contributed by atoms with Gasteiger partial charge in [-0.25, -0.2) is 0 Å². The summed E-state index contributed by atoms with van der Waals surface area (Å²) in [5.74, 6) is 0.340. The summed E-state index contributed by atoms with van der Waals surface area (Å²) in [6.45, 7) is 11.5. The summed E-state index contributed by atoms with van der Waals surface area (Å²) in [6, 6.07) is 12.6. The molecule has 6 heteroatoms. The van der Waals surface area contributed by atoms with E-state index in [0.717, 1.165) is 30.8 Å². The number of carbonyl (C=O) groups excluding carboxylic acids is 2. The molecule has 0 aliphatic rings. The third-order valence-corrected chi connectivity index (χ3v) is 4.95. The van der Waals surface area contributed by atoms with Crippen LogP contribution in [0.2, 0.25) is 0 Å². The van der Waals surface area contributed by atoms with Gasteiger partial charge in [0.25, 0.3) is 11.8 Å². The molecule has 0 saturated heterocycles. The zero-order valence-electron chi connectivity index (χ0n) is 17.7. The summed E-state index contributed by atoms with van der Waals surface area (Å²) in [5, 5.41) is 5.70. The molecule has 0 heterocycles. The highest BCUT2D eigenvalue weighted by Gasteiger charge is 2.09. The minimum absolute atomic E-state index is 0.0715. The minimum atomic E-state index is -0.248. The van der Waals surface area contributed by atoms with Gasteiger partial charge in [-0.3, -0.25) is 9.59 Å². The molecule has 2 N–H and O–H groups in total. The average Bonchev–Trinajstić information content (AvgIpc) is 2.72. The topological polar surface area (TPSA) is 70.7 Å². The second-order valence-electron chi connectivity index (χ2n) is 6.90. The molecule has 0 aromatic heterocycles. The van der Waals surface area contributed by atoms with Crippen molar-refractivity contribution in [3.05, 3.63) is 59.2 Å². The maximum absolute atomic E-state index is 12.2. The second kappa shape index (κ2) is 11.2. The lowest BCUT2D eigenvalue weighted by molar-refractivity contribution is -0.118. The van der Waals surface area contributed by atoms with Gasteiger partial charge in [-0.05, 0) is 68.4 Å². The highest BCUT2D eigenvalue weighted by Crippen LogP contribution is 2.20. The maximum atomic E-state index is 12.2. The molecule has 0 spiro atoms.